The SMILES string of the molecule is Cc1ccc(CC(O)(c2ccccc2C)C(CN)C2CCCC2)cc1. The van der Waals surface area contributed by atoms with Crippen LogP contribution in [0.1, 0.15) is 47.9 Å². The highest BCUT2D eigenvalue weighted by molar-refractivity contribution is 5.35. The Hall–Kier alpha value is -1.64. The molecule has 2 atom stereocenters. The van der Waals surface area contributed by atoms with Crippen LogP contribution in [0.15, 0.2) is 48.5 Å². The van der Waals surface area contributed by atoms with Gasteiger partial charge in [0.25, 0.3) is 0 Å². The number of benzene rings is 2. The van der Waals surface area contributed by atoms with E-state index in [0.29, 0.717) is 18.9 Å². The summed E-state index contributed by atoms with van der Waals surface area (Å²) in [4.78, 5) is 0. The van der Waals surface area contributed by atoms with Gasteiger partial charge in [0.15, 0.2) is 0 Å². The molecule has 3 rings (SSSR count). The van der Waals surface area contributed by atoms with Gasteiger partial charge in [-0.1, -0.05) is 79.8 Å². The van der Waals surface area contributed by atoms with Crippen molar-refractivity contribution in [3.05, 3.63) is 70.8 Å². The molecular formula is C23H31NO. The van der Waals surface area contributed by atoms with E-state index < -0.39 is 5.60 Å². The molecule has 2 aromatic rings. The number of hydrogen-bond acceptors (Lipinski definition) is 2. The maximum atomic E-state index is 12.0. The van der Waals surface area contributed by atoms with Gasteiger partial charge in [-0.25, -0.2) is 0 Å². The van der Waals surface area contributed by atoms with Crippen molar-refractivity contribution < 1.29 is 5.11 Å². The number of aryl methyl sites for hydroxylation is 2. The van der Waals surface area contributed by atoms with E-state index in [1.165, 1.54) is 36.8 Å². The summed E-state index contributed by atoms with van der Waals surface area (Å²) in [6.45, 7) is 4.72. The standard InChI is InChI=1S/C23H31NO/c1-17-11-13-19(14-12-17)15-23(25,21-10-6-3-7-18(21)2)22(16-24)20-8-4-5-9-20/h3,6-7,10-14,20,22,25H,4-5,8-9,15-16,24H2,1-2H3. The lowest BCUT2D eigenvalue weighted by molar-refractivity contribution is -0.0444. The lowest BCUT2D eigenvalue weighted by Crippen LogP contribution is -2.45. The molecule has 0 radical (unpaired) electrons. The van der Waals surface area contributed by atoms with Crippen molar-refractivity contribution in [2.75, 3.05) is 6.54 Å². The van der Waals surface area contributed by atoms with Gasteiger partial charge in [0.05, 0.1) is 5.60 Å². The highest BCUT2D eigenvalue weighted by atomic mass is 16.3. The van der Waals surface area contributed by atoms with Crippen molar-refractivity contribution in [2.24, 2.45) is 17.6 Å². The van der Waals surface area contributed by atoms with Gasteiger partial charge in [-0.15, -0.1) is 0 Å². The summed E-state index contributed by atoms with van der Waals surface area (Å²) in [5.74, 6) is 0.609. The molecule has 2 aromatic carbocycles. The summed E-state index contributed by atoms with van der Waals surface area (Å²) < 4.78 is 0. The molecule has 1 aliphatic carbocycles. The van der Waals surface area contributed by atoms with Crippen molar-refractivity contribution in [3.8, 4) is 0 Å². The Morgan fingerprint density at radius 3 is 2.28 bits per heavy atom. The van der Waals surface area contributed by atoms with E-state index in [9.17, 15) is 5.11 Å². The minimum Gasteiger partial charge on any atom is -0.384 e. The normalized spacial score (nSPS) is 18.9. The number of rotatable bonds is 6. The van der Waals surface area contributed by atoms with Crippen LogP contribution in [-0.4, -0.2) is 11.7 Å². The average Bonchev–Trinajstić information content (AvgIpc) is 3.12. The molecule has 134 valence electrons. The summed E-state index contributed by atoms with van der Waals surface area (Å²) in [5.41, 5.74) is 9.94. The first-order chi connectivity index (χ1) is 12.0. The third-order valence-electron chi connectivity index (χ3n) is 6.04. The molecular weight excluding hydrogens is 306 g/mol. The van der Waals surface area contributed by atoms with Gasteiger partial charge in [-0.05, 0) is 43.0 Å². The van der Waals surface area contributed by atoms with Crippen molar-refractivity contribution in [3.63, 3.8) is 0 Å². The maximum Gasteiger partial charge on any atom is 0.0981 e. The fourth-order valence-corrected chi connectivity index (χ4v) is 4.64. The Kier molecular flexibility index (Phi) is 5.61. The summed E-state index contributed by atoms with van der Waals surface area (Å²) >= 11 is 0. The number of hydrogen-bond donors (Lipinski definition) is 2. The van der Waals surface area contributed by atoms with Crippen LogP contribution in [0.5, 0.6) is 0 Å². The van der Waals surface area contributed by atoms with E-state index in [1.54, 1.807) is 0 Å². The molecule has 0 aliphatic heterocycles. The first-order valence-corrected chi connectivity index (χ1v) is 9.58. The zero-order valence-electron chi connectivity index (χ0n) is 15.5. The van der Waals surface area contributed by atoms with Crippen LogP contribution in [0.25, 0.3) is 0 Å². The van der Waals surface area contributed by atoms with E-state index in [2.05, 4.69) is 50.2 Å². The first kappa shape index (κ1) is 18.2. The maximum absolute atomic E-state index is 12.0. The van der Waals surface area contributed by atoms with Gasteiger partial charge >= 0.3 is 0 Å². The summed E-state index contributed by atoms with van der Waals surface area (Å²) in [6.07, 6.45) is 5.51. The monoisotopic (exact) mass is 337 g/mol. The van der Waals surface area contributed by atoms with Gasteiger partial charge in [0, 0.05) is 12.3 Å². The molecule has 2 heteroatoms. The molecule has 2 unspecified atom stereocenters. The molecule has 1 fully saturated rings. The quantitative estimate of drug-likeness (QED) is 0.815. The van der Waals surface area contributed by atoms with Gasteiger partial charge in [-0.3, -0.25) is 0 Å². The second kappa shape index (κ2) is 7.72. The Labute approximate surface area is 152 Å². The summed E-state index contributed by atoms with van der Waals surface area (Å²) in [5, 5.41) is 12.0. The first-order valence-electron chi connectivity index (χ1n) is 9.58. The van der Waals surface area contributed by atoms with E-state index in [4.69, 9.17) is 5.73 Å². The average molecular weight is 338 g/mol. The molecule has 0 spiro atoms. The number of aliphatic hydroxyl groups is 1. The van der Waals surface area contributed by atoms with Crippen molar-refractivity contribution >= 4 is 0 Å². The van der Waals surface area contributed by atoms with Crippen LogP contribution in [0.2, 0.25) is 0 Å². The Bertz CT molecular complexity index is 687. The summed E-state index contributed by atoms with van der Waals surface area (Å²) in [6, 6.07) is 16.8. The molecule has 0 saturated heterocycles. The number of nitrogens with two attached hydrogens (primary N) is 1. The largest absolute Gasteiger partial charge is 0.384 e. The van der Waals surface area contributed by atoms with Crippen molar-refractivity contribution in [1.29, 1.82) is 0 Å². The minimum atomic E-state index is -0.912. The van der Waals surface area contributed by atoms with E-state index in [-0.39, 0.29) is 5.92 Å². The van der Waals surface area contributed by atoms with Crippen LogP contribution < -0.4 is 5.73 Å². The Morgan fingerprint density at radius 1 is 1.04 bits per heavy atom. The zero-order chi connectivity index (χ0) is 17.9. The Morgan fingerprint density at radius 2 is 1.68 bits per heavy atom. The second-order valence-electron chi connectivity index (χ2n) is 7.79. The fourth-order valence-electron chi connectivity index (χ4n) is 4.64. The molecule has 1 aliphatic rings. The third-order valence-corrected chi connectivity index (χ3v) is 6.04. The van der Waals surface area contributed by atoms with Crippen molar-refractivity contribution in [1.82, 2.24) is 0 Å². The second-order valence-corrected chi connectivity index (χ2v) is 7.79. The van der Waals surface area contributed by atoms with E-state index in [0.717, 1.165) is 11.1 Å². The van der Waals surface area contributed by atoms with Gasteiger partial charge in [-0.2, -0.15) is 0 Å². The summed E-state index contributed by atoms with van der Waals surface area (Å²) in [7, 11) is 0. The molecule has 2 nitrogen and oxygen atoms in total. The van der Waals surface area contributed by atoms with E-state index in [1.807, 2.05) is 12.1 Å². The predicted octanol–water partition coefficient (Wildman–Crippen LogP) is 4.50. The Balaban J connectivity index is 2.03. The smallest absolute Gasteiger partial charge is 0.0981 e. The molecule has 25 heavy (non-hydrogen) atoms. The van der Waals surface area contributed by atoms with Gasteiger partial charge in [0.2, 0.25) is 0 Å². The van der Waals surface area contributed by atoms with Gasteiger partial charge in [0.1, 0.15) is 0 Å². The highest BCUT2D eigenvalue weighted by Crippen LogP contribution is 2.44. The molecule has 0 aromatic heterocycles. The van der Waals surface area contributed by atoms with Crippen LogP contribution in [-0.2, 0) is 12.0 Å². The van der Waals surface area contributed by atoms with Crippen LogP contribution >= 0.6 is 0 Å². The van der Waals surface area contributed by atoms with Crippen LogP contribution in [0.4, 0.5) is 0 Å². The zero-order valence-corrected chi connectivity index (χ0v) is 15.5. The van der Waals surface area contributed by atoms with Crippen LogP contribution in [0.3, 0.4) is 0 Å². The topological polar surface area (TPSA) is 46.2 Å². The fraction of sp³-hybridized carbons (Fsp3) is 0.478. The van der Waals surface area contributed by atoms with Gasteiger partial charge < -0.3 is 10.8 Å². The predicted molar refractivity (Wildman–Crippen MR) is 104 cm³/mol. The van der Waals surface area contributed by atoms with E-state index >= 15 is 0 Å². The molecule has 0 bridgehead atoms. The minimum absolute atomic E-state index is 0.0948. The molecule has 1 saturated carbocycles. The van der Waals surface area contributed by atoms with Crippen molar-refractivity contribution in [2.45, 2.75) is 51.6 Å². The lowest BCUT2D eigenvalue weighted by Gasteiger charge is -2.41. The highest BCUT2D eigenvalue weighted by Gasteiger charge is 2.43. The lowest BCUT2D eigenvalue weighted by atomic mass is 9.69. The van der Waals surface area contributed by atoms with Crippen LogP contribution in [0, 0.1) is 25.7 Å². The molecule has 0 amide bonds. The molecule has 0 heterocycles. The third kappa shape index (κ3) is 3.80. The molecule has 3 N–H and O–H groups in total.